The van der Waals surface area contributed by atoms with Gasteiger partial charge < -0.3 is 10.0 Å². The second kappa shape index (κ2) is 6.93. The van der Waals surface area contributed by atoms with Gasteiger partial charge in [0, 0.05) is 12.1 Å². The van der Waals surface area contributed by atoms with Gasteiger partial charge in [-0.25, -0.2) is 0 Å². The second-order valence-electron chi connectivity index (χ2n) is 6.62. The average molecular weight is 335 g/mol. The highest BCUT2D eigenvalue weighted by atomic mass is 16.3. The number of hydrogen-bond acceptors (Lipinski definition) is 3. The maximum atomic E-state index is 12.7. The molecule has 1 aliphatic heterocycles. The van der Waals surface area contributed by atoms with Crippen LogP contribution in [0.4, 0.5) is 0 Å². The normalized spacial score (nSPS) is 19.6. The molecule has 1 aliphatic rings. The van der Waals surface area contributed by atoms with Gasteiger partial charge in [-0.1, -0.05) is 74.5 Å². The Morgan fingerprint density at radius 2 is 1.56 bits per heavy atom. The van der Waals surface area contributed by atoms with Crippen LogP contribution in [0.15, 0.2) is 66.2 Å². The Hall–Kier alpha value is -2.88. The molecule has 0 aromatic heterocycles. The molecular weight excluding hydrogens is 314 g/mol. The molecule has 3 rings (SSSR count). The maximum Gasteiger partial charge on any atom is 0.295 e. The molecule has 1 amide bonds. The third-order valence-electron chi connectivity index (χ3n) is 4.26. The summed E-state index contributed by atoms with van der Waals surface area (Å²) in [5.41, 5.74) is 1.51. The Bertz CT molecular complexity index is 810. The molecule has 1 atom stereocenters. The molecule has 25 heavy (non-hydrogen) atoms. The predicted octanol–water partition coefficient (Wildman–Crippen LogP) is 3.76. The molecule has 4 heteroatoms. The van der Waals surface area contributed by atoms with E-state index in [0.29, 0.717) is 12.1 Å². The summed E-state index contributed by atoms with van der Waals surface area (Å²) in [5, 5.41) is 10.8. The van der Waals surface area contributed by atoms with Crippen LogP contribution in [0.25, 0.3) is 5.76 Å². The van der Waals surface area contributed by atoms with Crippen molar-refractivity contribution in [1.82, 2.24) is 4.90 Å². The van der Waals surface area contributed by atoms with Crippen LogP contribution < -0.4 is 0 Å². The van der Waals surface area contributed by atoms with Crippen LogP contribution in [-0.2, 0) is 9.59 Å². The van der Waals surface area contributed by atoms with Crippen LogP contribution in [0, 0.1) is 5.92 Å². The van der Waals surface area contributed by atoms with Crippen LogP contribution >= 0.6 is 0 Å². The van der Waals surface area contributed by atoms with Crippen LogP contribution in [0.3, 0.4) is 0 Å². The summed E-state index contributed by atoms with van der Waals surface area (Å²) in [6.45, 7) is 4.45. The van der Waals surface area contributed by atoms with E-state index < -0.39 is 17.7 Å². The van der Waals surface area contributed by atoms with Crippen molar-refractivity contribution in [2.24, 2.45) is 5.92 Å². The van der Waals surface area contributed by atoms with Crippen LogP contribution in [0.1, 0.15) is 31.0 Å². The van der Waals surface area contributed by atoms with Crippen molar-refractivity contribution in [1.29, 1.82) is 0 Å². The number of carbonyl (C=O) groups is 2. The maximum absolute atomic E-state index is 12.7. The minimum absolute atomic E-state index is 0.126. The van der Waals surface area contributed by atoms with Crippen molar-refractivity contribution >= 4 is 17.4 Å². The van der Waals surface area contributed by atoms with Crippen molar-refractivity contribution in [3.63, 3.8) is 0 Å². The van der Waals surface area contributed by atoms with E-state index in [0.717, 1.165) is 5.56 Å². The van der Waals surface area contributed by atoms with E-state index in [-0.39, 0.29) is 17.3 Å². The number of ketones is 1. The summed E-state index contributed by atoms with van der Waals surface area (Å²) >= 11 is 0. The van der Waals surface area contributed by atoms with Gasteiger partial charge in [-0.05, 0) is 11.5 Å². The highest BCUT2D eigenvalue weighted by Crippen LogP contribution is 2.39. The molecular formula is C21H21NO3. The number of aliphatic hydroxyl groups excluding tert-OH is 1. The highest BCUT2D eigenvalue weighted by molar-refractivity contribution is 6.46. The number of nitrogens with zero attached hydrogens (tertiary/aromatic N) is 1. The third-order valence-corrected chi connectivity index (χ3v) is 4.26. The molecule has 1 unspecified atom stereocenters. The largest absolute Gasteiger partial charge is 0.507 e. The topological polar surface area (TPSA) is 57.6 Å². The Labute approximate surface area is 147 Å². The van der Waals surface area contributed by atoms with E-state index in [4.69, 9.17) is 0 Å². The molecule has 0 radical (unpaired) electrons. The number of benzene rings is 2. The number of Topliss-reactive ketones (excluding diaryl/α,β-unsaturated/α-hetero) is 1. The van der Waals surface area contributed by atoms with Crippen LogP contribution in [0.2, 0.25) is 0 Å². The molecule has 0 aliphatic carbocycles. The van der Waals surface area contributed by atoms with Crippen molar-refractivity contribution in [3.8, 4) is 0 Å². The lowest BCUT2D eigenvalue weighted by atomic mass is 9.95. The van der Waals surface area contributed by atoms with E-state index >= 15 is 0 Å². The second-order valence-corrected chi connectivity index (χ2v) is 6.62. The number of carbonyl (C=O) groups excluding carboxylic acids is 2. The number of aliphatic hydroxyl groups is 1. The van der Waals surface area contributed by atoms with E-state index in [1.54, 1.807) is 29.2 Å². The van der Waals surface area contributed by atoms with Gasteiger partial charge in [0.2, 0.25) is 0 Å². The van der Waals surface area contributed by atoms with Gasteiger partial charge in [-0.3, -0.25) is 9.59 Å². The summed E-state index contributed by atoms with van der Waals surface area (Å²) < 4.78 is 0. The first kappa shape index (κ1) is 17.0. The van der Waals surface area contributed by atoms with E-state index in [1.807, 2.05) is 50.2 Å². The van der Waals surface area contributed by atoms with Gasteiger partial charge in [0.15, 0.2) is 0 Å². The zero-order chi connectivity index (χ0) is 18.0. The van der Waals surface area contributed by atoms with Gasteiger partial charge in [0.05, 0.1) is 11.6 Å². The zero-order valence-corrected chi connectivity index (χ0v) is 14.3. The average Bonchev–Trinajstić information content (AvgIpc) is 2.87. The lowest BCUT2D eigenvalue weighted by molar-refractivity contribution is -0.140. The zero-order valence-electron chi connectivity index (χ0n) is 14.3. The molecule has 2 aromatic rings. The lowest BCUT2D eigenvalue weighted by Gasteiger charge is -2.26. The van der Waals surface area contributed by atoms with Crippen molar-refractivity contribution in [2.75, 3.05) is 6.54 Å². The lowest BCUT2D eigenvalue weighted by Crippen LogP contribution is -2.33. The van der Waals surface area contributed by atoms with Gasteiger partial charge in [-0.15, -0.1) is 0 Å². The molecule has 0 bridgehead atoms. The van der Waals surface area contributed by atoms with Crippen molar-refractivity contribution in [3.05, 3.63) is 77.4 Å². The minimum Gasteiger partial charge on any atom is -0.507 e. The Morgan fingerprint density at radius 1 is 1.00 bits per heavy atom. The fourth-order valence-corrected chi connectivity index (χ4v) is 3.20. The summed E-state index contributed by atoms with van der Waals surface area (Å²) in [5.74, 6) is -1.10. The van der Waals surface area contributed by atoms with Gasteiger partial charge in [0.25, 0.3) is 11.7 Å². The number of hydrogen-bond donors (Lipinski definition) is 1. The molecule has 0 spiro atoms. The van der Waals surface area contributed by atoms with Crippen LogP contribution in [-0.4, -0.2) is 28.2 Å². The van der Waals surface area contributed by atoms with Gasteiger partial charge in [-0.2, -0.15) is 0 Å². The molecule has 128 valence electrons. The predicted molar refractivity (Wildman–Crippen MR) is 96.7 cm³/mol. The molecule has 1 fully saturated rings. The fraction of sp³-hybridized carbons (Fsp3) is 0.238. The van der Waals surface area contributed by atoms with Gasteiger partial charge >= 0.3 is 0 Å². The Balaban J connectivity index is 2.18. The molecule has 1 heterocycles. The fourth-order valence-electron chi connectivity index (χ4n) is 3.20. The Kier molecular flexibility index (Phi) is 4.70. The van der Waals surface area contributed by atoms with Crippen molar-refractivity contribution in [2.45, 2.75) is 19.9 Å². The van der Waals surface area contributed by atoms with E-state index in [1.165, 1.54) is 0 Å². The van der Waals surface area contributed by atoms with Crippen LogP contribution in [0.5, 0.6) is 0 Å². The summed E-state index contributed by atoms with van der Waals surface area (Å²) in [6.07, 6.45) is 0. The monoisotopic (exact) mass is 335 g/mol. The van der Waals surface area contributed by atoms with Crippen molar-refractivity contribution < 1.29 is 14.7 Å². The summed E-state index contributed by atoms with van der Waals surface area (Å²) in [6, 6.07) is 17.7. The Morgan fingerprint density at radius 3 is 2.12 bits per heavy atom. The highest BCUT2D eigenvalue weighted by Gasteiger charge is 2.45. The first-order chi connectivity index (χ1) is 12.0. The third kappa shape index (κ3) is 3.20. The molecule has 1 saturated heterocycles. The minimum atomic E-state index is -0.629. The quantitative estimate of drug-likeness (QED) is 0.526. The first-order valence-electron chi connectivity index (χ1n) is 8.39. The molecule has 4 nitrogen and oxygen atoms in total. The molecule has 1 N–H and O–H groups in total. The summed E-state index contributed by atoms with van der Waals surface area (Å²) in [7, 11) is 0. The van der Waals surface area contributed by atoms with Gasteiger partial charge in [0.1, 0.15) is 5.76 Å². The molecule has 2 aromatic carbocycles. The SMILES string of the molecule is CC(C)CN1C(=O)C(=O)C(=C(O)c2ccccc2)C1c1ccccc1. The number of amides is 1. The smallest absolute Gasteiger partial charge is 0.295 e. The standard InChI is InChI=1S/C21H21NO3/c1-14(2)13-22-18(15-9-5-3-6-10-15)17(20(24)21(22)25)19(23)16-11-7-4-8-12-16/h3-12,14,18,23H,13H2,1-2H3. The summed E-state index contributed by atoms with van der Waals surface area (Å²) in [4.78, 5) is 26.9. The van der Waals surface area contributed by atoms with E-state index in [2.05, 4.69) is 0 Å². The van der Waals surface area contributed by atoms with E-state index in [9.17, 15) is 14.7 Å². The number of rotatable bonds is 4. The first-order valence-corrected chi connectivity index (χ1v) is 8.39. The number of likely N-dealkylation sites (tertiary alicyclic amines) is 1. The molecule has 0 saturated carbocycles.